The molecule has 0 saturated carbocycles. The lowest BCUT2D eigenvalue weighted by molar-refractivity contribution is -0.127. The van der Waals surface area contributed by atoms with Crippen LogP contribution in [0.2, 0.25) is 0 Å². The minimum absolute atomic E-state index is 0.106. The van der Waals surface area contributed by atoms with Crippen LogP contribution in [0.3, 0.4) is 0 Å². The third-order valence-electron chi connectivity index (χ3n) is 7.11. The minimum atomic E-state index is -0.106. The van der Waals surface area contributed by atoms with E-state index in [1.165, 1.54) is 0 Å². The van der Waals surface area contributed by atoms with Crippen LogP contribution in [0, 0.1) is 6.92 Å². The molecule has 1 fully saturated rings. The maximum Gasteiger partial charge on any atom is 0.254 e. The largest absolute Gasteiger partial charge is 0.493 e. The molecular weight excluding hydrogens is 510 g/mol. The zero-order valence-electron chi connectivity index (χ0n) is 22.6. The van der Waals surface area contributed by atoms with Crippen molar-refractivity contribution in [3.8, 4) is 22.1 Å². The molecule has 2 aromatic heterocycles. The number of rotatable bonds is 10. The van der Waals surface area contributed by atoms with Gasteiger partial charge in [0.1, 0.15) is 0 Å². The highest BCUT2D eigenvalue weighted by Gasteiger charge is 2.23. The predicted molar refractivity (Wildman–Crippen MR) is 155 cm³/mol. The maximum atomic E-state index is 14.0. The van der Waals surface area contributed by atoms with Crippen molar-refractivity contribution in [2.45, 2.75) is 32.7 Å². The summed E-state index contributed by atoms with van der Waals surface area (Å²) in [6.45, 7) is 4.40. The first-order valence-electron chi connectivity index (χ1n) is 13.2. The number of ether oxygens (including phenoxy) is 2. The summed E-state index contributed by atoms with van der Waals surface area (Å²) in [5.74, 6) is 1.17. The highest BCUT2D eigenvalue weighted by molar-refractivity contribution is 7.13. The van der Waals surface area contributed by atoms with Gasteiger partial charge >= 0.3 is 0 Å². The first kappa shape index (κ1) is 26.7. The van der Waals surface area contributed by atoms with Gasteiger partial charge in [-0.15, -0.1) is 11.3 Å². The summed E-state index contributed by atoms with van der Waals surface area (Å²) in [4.78, 5) is 36.0. The molecule has 1 aliphatic heterocycles. The van der Waals surface area contributed by atoms with E-state index in [-0.39, 0.29) is 11.8 Å². The Balaban J connectivity index is 1.50. The third-order valence-corrected chi connectivity index (χ3v) is 7.99. The van der Waals surface area contributed by atoms with Crippen LogP contribution in [0.1, 0.15) is 40.7 Å². The van der Waals surface area contributed by atoms with Crippen molar-refractivity contribution >= 4 is 34.1 Å². The molecule has 0 atom stereocenters. The number of fused-ring (bicyclic) bond motifs is 1. The zero-order valence-corrected chi connectivity index (χ0v) is 23.4. The SMILES string of the molecule is COc1ccc(C(=O)N(CCCN2CCCC2=O)Cc2cc3cc(C)ccc3nc2-c2cccs2)cc1OC. The van der Waals surface area contributed by atoms with E-state index in [0.717, 1.165) is 45.6 Å². The summed E-state index contributed by atoms with van der Waals surface area (Å²) in [6.07, 6.45) is 2.21. The first-order chi connectivity index (χ1) is 19.0. The number of carbonyl (C=O) groups excluding carboxylic acids is 2. The van der Waals surface area contributed by atoms with Crippen molar-refractivity contribution < 1.29 is 19.1 Å². The molecule has 0 spiro atoms. The van der Waals surface area contributed by atoms with Gasteiger partial charge in [0.25, 0.3) is 5.91 Å². The van der Waals surface area contributed by atoms with Crippen LogP contribution in [0.15, 0.2) is 60.0 Å². The van der Waals surface area contributed by atoms with Crippen molar-refractivity contribution in [2.24, 2.45) is 0 Å². The van der Waals surface area contributed by atoms with E-state index >= 15 is 0 Å². The molecule has 7 nitrogen and oxygen atoms in total. The lowest BCUT2D eigenvalue weighted by Gasteiger charge is -2.26. The average molecular weight is 544 g/mol. The van der Waals surface area contributed by atoms with E-state index in [2.05, 4.69) is 31.2 Å². The number of likely N-dealkylation sites (tertiary alicyclic amines) is 1. The van der Waals surface area contributed by atoms with Crippen molar-refractivity contribution in [3.05, 3.63) is 76.7 Å². The average Bonchev–Trinajstić information content (AvgIpc) is 3.63. The molecule has 3 heterocycles. The summed E-state index contributed by atoms with van der Waals surface area (Å²) >= 11 is 1.64. The number of methoxy groups -OCH3 is 2. The van der Waals surface area contributed by atoms with Crippen molar-refractivity contribution in [3.63, 3.8) is 0 Å². The van der Waals surface area contributed by atoms with E-state index in [1.807, 2.05) is 27.3 Å². The normalized spacial score (nSPS) is 13.2. The summed E-state index contributed by atoms with van der Waals surface area (Å²) in [6, 6.07) is 17.7. The number of pyridine rings is 1. The molecule has 202 valence electrons. The second-order valence-corrected chi connectivity index (χ2v) is 10.8. The van der Waals surface area contributed by atoms with Gasteiger partial charge in [0, 0.05) is 43.5 Å². The maximum absolute atomic E-state index is 14.0. The Morgan fingerprint density at radius 1 is 1.08 bits per heavy atom. The molecule has 0 unspecified atom stereocenters. The highest BCUT2D eigenvalue weighted by atomic mass is 32.1. The molecule has 1 saturated heterocycles. The summed E-state index contributed by atoms with van der Waals surface area (Å²) in [5, 5.41) is 3.09. The second kappa shape index (κ2) is 11.9. The molecule has 4 aromatic rings. The Bertz CT molecular complexity index is 1480. The van der Waals surface area contributed by atoms with Gasteiger partial charge in [-0.1, -0.05) is 17.7 Å². The Hall–Kier alpha value is -3.91. The third kappa shape index (κ3) is 5.91. The molecule has 2 aromatic carbocycles. The number of amides is 2. The van der Waals surface area contributed by atoms with Crippen LogP contribution >= 0.6 is 11.3 Å². The number of hydrogen-bond acceptors (Lipinski definition) is 6. The Labute approximate surface area is 233 Å². The molecular formula is C31H33N3O4S. The fourth-order valence-electron chi connectivity index (χ4n) is 5.09. The lowest BCUT2D eigenvalue weighted by Crippen LogP contribution is -2.34. The monoisotopic (exact) mass is 543 g/mol. The smallest absolute Gasteiger partial charge is 0.254 e. The molecule has 2 amide bonds. The Morgan fingerprint density at radius 3 is 2.64 bits per heavy atom. The molecule has 1 aliphatic rings. The van der Waals surface area contributed by atoms with Crippen LogP contribution in [-0.2, 0) is 11.3 Å². The van der Waals surface area contributed by atoms with Gasteiger partial charge in [-0.25, -0.2) is 4.98 Å². The number of hydrogen-bond donors (Lipinski definition) is 0. The number of thiophene rings is 1. The van der Waals surface area contributed by atoms with Crippen molar-refractivity contribution in [1.29, 1.82) is 0 Å². The van der Waals surface area contributed by atoms with Crippen LogP contribution < -0.4 is 9.47 Å². The number of benzene rings is 2. The topological polar surface area (TPSA) is 72.0 Å². The minimum Gasteiger partial charge on any atom is -0.493 e. The standard InChI is InChI=1S/C31H33N3O4S/c1-21-9-11-25-23(17-21)18-24(30(32-25)28-7-5-16-39-28)20-34(15-6-14-33-13-4-8-29(33)35)31(36)22-10-12-26(37-2)27(19-22)38-3/h5,7,9-12,16-19H,4,6,8,13-15,20H2,1-3H3. The van der Waals surface area contributed by atoms with Gasteiger partial charge in [-0.3, -0.25) is 9.59 Å². The summed E-state index contributed by atoms with van der Waals surface area (Å²) in [7, 11) is 3.14. The lowest BCUT2D eigenvalue weighted by atomic mass is 10.0. The van der Waals surface area contributed by atoms with E-state index in [1.54, 1.807) is 43.8 Å². The number of nitrogens with zero attached hydrogens (tertiary/aromatic N) is 3. The quantitative estimate of drug-likeness (QED) is 0.247. The molecule has 8 heteroatoms. The molecule has 0 bridgehead atoms. The molecule has 0 radical (unpaired) electrons. The first-order valence-corrected chi connectivity index (χ1v) is 14.1. The van der Waals surface area contributed by atoms with Gasteiger partial charge in [-0.2, -0.15) is 0 Å². The van der Waals surface area contributed by atoms with Gasteiger partial charge in [-0.05, 0) is 73.2 Å². The Morgan fingerprint density at radius 2 is 1.92 bits per heavy atom. The highest BCUT2D eigenvalue weighted by Crippen LogP contribution is 2.32. The molecule has 0 aliphatic carbocycles. The zero-order chi connectivity index (χ0) is 27.4. The number of aromatic nitrogens is 1. The van der Waals surface area contributed by atoms with E-state index in [4.69, 9.17) is 14.5 Å². The molecule has 5 rings (SSSR count). The van der Waals surface area contributed by atoms with E-state index in [9.17, 15) is 9.59 Å². The van der Waals surface area contributed by atoms with Gasteiger partial charge in [0.05, 0.1) is 30.3 Å². The van der Waals surface area contributed by atoms with Crippen LogP contribution in [0.25, 0.3) is 21.5 Å². The van der Waals surface area contributed by atoms with E-state index in [0.29, 0.717) is 49.5 Å². The Kier molecular flexibility index (Phi) is 8.12. The second-order valence-electron chi connectivity index (χ2n) is 9.80. The van der Waals surface area contributed by atoms with Crippen molar-refractivity contribution in [2.75, 3.05) is 33.9 Å². The van der Waals surface area contributed by atoms with Gasteiger partial charge < -0.3 is 19.3 Å². The summed E-state index contributed by atoms with van der Waals surface area (Å²) in [5.41, 5.74) is 4.49. The van der Waals surface area contributed by atoms with E-state index < -0.39 is 0 Å². The fourth-order valence-corrected chi connectivity index (χ4v) is 5.84. The van der Waals surface area contributed by atoms with Gasteiger partial charge in [0.2, 0.25) is 5.91 Å². The molecule has 39 heavy (non-hydrogen) atoms. The van der Waals surface area contributed by atoms with Crippen molar-refractivity contribution in [1.82, 2.24) is 14.8 Å². The predicted octanol–water partition coefficient (Wildman–Crippen LogP) is 5.94. The number of aryl methyl sites for hydroxylation is 1. The van der Waals surface area contributed by atoms with Crippen LogP contribution in [0.5, 0.6) is 11.5 Å². The van der Waals surface area contributed by atoms with Gasteiger partial charge in [0.15, 0.2) is 11.5 Å². The number of carbonyl (C=O) groups is 2. The van der Waals surface area contributed by atoms with Crippen LogP contribution in [0.4, 0.5) is 0 Å². The molecule has 0 N–H and O–H groups in total. The van der Waals surface area contributed by atoms with Crippen LogP contribution in [-0.4, -0.2) is 60.5 Å². The summed E-state index contributed by atoms with van der Waals surface area (Å²) < 4.78 is 10.8. The fraction of sp³-hybridized carbons (Fsp3) is 0.323.